The quantitative estimate of drug-likeness (QED) is 0.607. The molecule has 0 aromatic heterocycles. The number of carbonyl (C=O) groups excluding carboxylic acids is 3. The van der Waals surface area contributed by atoms with Crippen molar-refractivity contribution in [2.24, 2.45) is 0 Å². The number of ether oxygens (including phenoxy) is 1. The maximum absolute atomic E-state index is 11.9. The van der Waals surface area contributed by atoms with Gasteiger partial charge in [-0.3, -0.25) is 14.4 Å². The van der Waals surface area contributed by atoms with Crippen LogP contribution in [-0.4, -0.2) is 24.3 Å². The molecule has 0 aliphatic carbocycles. The number of anilines is 1. The highest BCUT2D eigenvalue weighted by molar-refractivity contribution is 9.10. The summed E-state index contributed by atoms with van der Waals surface area (Å²) in [5, 5.41) is 2.58. The summed E-state index contributed by atoms with van der Waals surface area (Å²) in [5.41, 5.74) is 1.61. The first-order chi connectivity index (χ1) is 11.5. The fourth-order valence-corrected chi connectivity index (χ4v) is 2.32. The molecule has 1 amide bonds. The summed E-state index contributed by atoms with van der Waals surface area (Å²) in [7, 11) is 0. The van der Waals surface area contributed by atoms with Gasteiger partial charge in [0.1, 0.15) is 0 Å². The molecular formula is C18H16BrNO4. The third-order valence-electron chi connectivity index (χ3n) is 3.21. The Balaban J connectivity index is 1.86. The average Bonchev–Trinajstić information content (AvgIpc) is 2.55. The lowest BCUT2D eigenvalue weighted by Gasteiger charge is -2.09. The Bertz CT molecular complexity index is 756. The van der Waals surface area contributed by atoms with Gasteiger partial charge in [0, 0.05) is 10.0 Å². The number of nitrogens with one attached hydrogen (secondary N) is 1. The van der Waals surface area contributed by atoms with Crippen LogP contribution in [0.3, 0.4) is 0 Å². The predicted octanol–water partition coefficient (Wildman–Crippen LogP) is 3.38. The number of ketones is 1. The van der Waals surface area contributed by atoms with Gasteiger partial charge >= 0.3 is 5.97 Å². The van der Waals surface area contributed by atoms with Gasteiger partial charge in [-0.2, -0.15) is 0 Å². The van der Waals surface area contributed by atoms with Crippen molar-refractivity contribution >= 4 is 39.3 Å². The van der Waals surface area contributed by atoms with Gasteiger partial charge in [0.05, 0.1) is 12.1 Å². The highest BCUT2D eigenvalue weighted by atomic mass is 79.9. The topological polar surface area (TPSA) is 72.5 Å². The third-order valence-corrected chi connectivity index (χ3v) is 3.74. The molecule has 0 radical (unpaired) electrons. The summed E-state index contributed by atoms with van der Waals surface area (Å²) in [6.07, 6.45) is 0.0879. The van der Waals surface area contributed by atoms with E-state index in [-0.39, 0.29) is 12.2 Å². The summed E-state index contributed by atoms with van der Waals surface area (Å²) in [4.78, 5) is 35.1. The van der Waals surface area contributed by atoms with Crippen molar-refractivity contribution in [3.63, 3.8) is 0 Å². The van der Waals surface area contributed by atoms with Crippen molar-refractivity contribution in [3.05, 3.63) is 64.1 Å². The summed E-state index contributed by atoms with van der Waals surface area (Å²) < 4.78 is 5.88. The molecule has 24 heavy (non-hydrogen) atoms. The molecule has 0 spiro atoms. The smallest absolute Gasteiger partial charge is 0.310 e. The Morgan fingerprint density at radius 3 is 2.38 bits per heavy atom. The number of carbonyl (C=O) groups is 3. The molecule has 0 bridgehead atoms. The maximum Gasteiger partial charge on any atom is 0.310 e. The molecule has 1 N–H and O–H groups in total. The van der Waals surface area contributed by atoms with E-state index in [0.717, 1.165) is 10.0 Å². The van der Waals surface area contributed by atoms with Crippen molar-refractivity contribution in [2.75, 3.05) is 11.9 Å². The van der Waals surface area contributed by atoms with Crippen LogP contribution in [0.1, 0.15) is 22.8 Å². The lowest BCUT2D eigenvalue weighted by atomic mass is 10.1. The van der Waals surface area contributed by atoms with Crippen molar-refractivity contribution in [2.45, 2.75) is 13.3 Å². The summed E-state index contributed by atoms with van der Waals surface area (Å²) in [6, 6.07) is 13.9. The predicted molar refractivity (Wildman–Crippen MR) is 93.9 cm³/mol. The van der Waals surface area contributed by atoms with Gasteiger partial charge in [-0.15, -0.1) is 0 Å². The molecule has 0 saturated heterocycles. The minimum atomic E-state index is -0.493. The van der Waals surface area contributed by atoms with E-state index in [1.807, 2.05) is 12.1 Å². The van der Waals surface area contributed by atoms with Crippen LogP contribution in [0.4, 0.5) is 5.69 Å². The fourth-order valence-electron chi connectivity index (χ4n) is 2.05. The van der Waals surface area contributed by atoms with Crippen molar-refractivity contribution < 1.29 is 19.1 Å². The van der Waals surface area contributed by atoms with Crippen molar-refractivity contribution in [3.8, 4) is 0 Å². The van der Waals surface area contributed by atoms with Crippen LogP contribution < -0.4 is 5.32 Å². The molecule has 124 valence electrons. The SMILES string of the molecule is CC(=O)c1ccccc1NC(=O)COC(=O)Cc1ccc(Br)cc1. The Labute approximate surface area is 148 Å². The van der Waals surface area contributed by atoms with E-state index in [9.17, 15) is 14.4 Å². The van der Waals surface area contributed by atoms with E-state index in [4.69, 9.17) is 4.74 Å². The van der Waals surface area contributed by atoms with Gasteiger partial charge in [0.15, 0.2) is 12.4 Å². The van der Waals surface area contributed by atoms with E-state index in [0.29, 0.717) is 11.3 Å². The molecule has 0 unspecified atom stereocenters. The second-order valence-corrected chi connectivity index (χ2v) is 6.03. The van der Waals surface area contributed by atoms with Crippen LogP contribution in [0.2, 0.25) is 0 Å². The average molecular weight is 390 g/mol. The Hall–Kier alpha value is -2.47. The molecule has 0 saturated carbocycles. The van der Waals surface area contributed by atoms with Crippen LogP contribution >= 0.6 is 15.9 Å². The molecule has 2 aromatic rings. The number of benzene rings is 2. The van der Waals surface area contributed by atoms with Crippen LogP contribution in [0.25, 0.3) is 0 Å². The Kier molecular flexibility index (Phi) is 6.26. The first kappa shape index (κ1) is 17.9. The molecule has 0 fully saturated rings. The fraction of sp³-hybridized carbons (Fsp3) is 0.167. The molecule has 2 rings (SSSR count). The minimum Gasteiger partial charge on any atom is -0.455 e. The molecule has 0 atom stereocenters. The van der Waals surface area contributed by atoms with E-state index >= 15 is 0 Å². The zero-order valence-electron chi connectivity index (χ0n) is 13.0. The number of hydrogen-bond donors (Lipinski definition) is 1. The first-order valence-electron chi connectivity index (χ1n) is 7.25. The molecule has 0 aliphatic heterocycles. The molecule has 0 aliphatic rings. The monoisotopic (exact) mass is 389 g/mol. The number of Topliss-reactive ketones (excluding diaryl/α,β-unsaturated/α-hetero) is 1. The van der Waals surface area contributed by atoms with Gasteiger partial charge < -0.3 is 10.1 Å². The minimum absolute atomic E-state index is 0.0879. The third kappa shape index (κ3) is 5.31. The molecule has 2 aromatic carbocycles. The van der Waals surface area contributed by atoms with Gasteiger partial charge in [0.2, 0.25) is 0 Å². The first-order valence-corrected chi connectivity index (χ1v) is 8.05. The van der Waals surface area contributed by atoms with Gasteiger partial charge in [-0.1, -0.05) is 40.2 Å². The lowest BCUT2D eigenvalue weighted by Crippen LogP contribution is -2.22. The summed E-state index contributed by atoms with van der Waals surface area (Å²) in [5.74, 6) is -1.14. The standard InChI is InChI=1S/C18H16BrNO4/c1-12(21)15-4-2-3-5-16(15)20-17(22)11-24-18(23)10-13-6-8-14(19)9-7-13/h2-9H,10-11H2,1H3,(H,20,22). The number of halogens is 1. The molecule has 0 heterocycles. The van der Waals surface area contributed by atoms with E-state index in [1.165, 1.54) is 6.92 Å². The van der Waals surface area contributed by atoms with Crippen LogP contribution in [0, 0.1) is 0 Å². The second kappa shape index (κ2) is 8.40. The molecule has 6 heteroatoms. The summed E-state index contributed by atoms with van der Waals surface area (Å²) in [6.45, 7) is 1.02. The largest absolute Gasteiger partial charge is 0.455 e. The number of esters is 1. The Morgan fingerprint density at radius 1 is 1.04 bits per heavy atom. The van der Waals surface area contributed by atoms with Gasteiger partial charge in [-0.25, -0.2) is 0 Å². The van der Waals surface area contributed by atoms with Gasteiger partial charge in [0.25, 0.3) is 5.91 Å². The Morgan fingerprint density at radius 2 is 1.71 bits per heavy atom. The van der Waals surface area contributed by atoms with E-state index in [1.54, 1.807) is 36.4 Å². The molecule has 5 nitrogen and oxygen atoms in total. The van der Waals surface area contributed by atoms with Crippen molar-refractivity contribution in [1.82, 2.24) is 0 Å². The number of hydrogen-bond acceptors (Lipinski definition) is 4. The molecular weight excluding hydrogens is 374 g/mol. The summed E-state index contributed by atoms with van der Waals surface area (Å²) >= 11 is 3.32. The highest BCUT2D eigenvalue weighted by Crippen LogP contribution is 2.15. The van der Waals surface area contributed by atoms with Gasteiger partial charge in [-0.05, 0) is 36.8 Å². The normalized spacial score (nSPS) is 10.1. The number of para-hydroxylation sites is 1. The number of rotatable bonds is 6. The van der Waals surface area contributed by atoms with Crippen LogP contribution in [0.15, 0.2) is 53.0 Å². The van der Waals surface area contributed by atoms with Crippen LogP contribution in [0.5, 0.6) is 0 Å². The lowest BCUT2D eigenvalue weighted by molar-refractivity contribution is -0.146. The maximum atomic E-state index is 11.9. The van der Waals surface area contributed by atoms with E-state index < -0.39 is 18.5 Å². The zero-order valence-corrected chi connectivity index (χ0v) is 14.6. The highest BCUT2D eigenvalue weighted by Gasteiger charge is 2.12. The van der Waals surface area contributed by atoms with E-state index in [2.05, 4.69) is 21.2 Å². The van der Waals surface area contributed by atoms with Crippen molar-refractivity contribution in [1.29, 1.82) is 0 Å². The van der Waals surface area contributed by atoms with Crippen LogP contribution in [-0.2, 0) is 20.7 Å². The zero-order chi connectivity index (χ0) is 17.5. The second-order valence-electron chi connectivity index (χ2n) is 5.11. The number of amides is 1.